The lowest BCUT2D eigenvalue weighted by atomic mass is 10.2. The molecule has 2 aromatic heterocycles. The van der Waals surface area contributed by atoms with Crippen LogP contribution in [0.15, 0.2) is 69.9 Å². The predicted octanol–water partition coefficient (Wildman–Crippen LogP) is 5.71. The number of halogens is 2. The summed E-state index contributed by atoms with van der Waals surface area (Å²) < 4.78 is 10.2. The van der Waals surface area contributed by atoms with E-state index in [0.717, 1.165) is 36.0 Å². The third-order valence-electron chi connectivity index (χ3n) is 4.97. The van der Waals surface area contributed by atoms with E-state index in [1.54, 1.807) is 4.40 Å². The molecule has 31 heavy (non-hydrogen) atoms. The van der Waals surface area contributed by atoms with Gasteiger partial charge in [0.05, 0.1) is 23.6 Å². The molecule has 3 aromatic carbocycles. The van der Waals surface area contributed by atoms with Gasteiger partial charge in [0.2, 0.25) is 0 Å². The number of thiazole rings is 1. The van der Waals surface area contributed by atoms with Crippen LogP contribution in [0, 0.1) is 10.5 Å². The maximum atomic E-state index is 13.0. The molecule has 0 unspecified atom stereocenters. The van der Waals surface area contributed by atoms with Gasteiger partial charge in [0, 0.05) is 0 Å². The summed E-state index contributed by atoms with van der Waals surface area (Å²) in [5, 5.41) is 0. The molecule has 7 heteroatoms. The van der Waals surface area contributed by atoms with Gasteiger partial charge in [0.15, 0.2) is 4.96 Å². The quantitative estimate of drug-likeness (QED) is 0.248. The van der Waals surface area contributed by atoms with E-state index in [4.69, 9.17) is 4.74 Å². The summed E-state index contributed by atoms with van der Waals surface area (Å²) in [4.78, 5) is 18.3. The summed E-state index contributed by atoms with van der Waals surface area (Å²) in [5.41, 5.74) is 4.92. The van der Waals surface area contributed by atoms with Gasteiger partial charge in [0.25, 0.3) is 5.56 Å². The molecule has 154 valence electrons. The van der Waals surface area contributed by atoms with E-state index in [2.05, 4.69) is 74.7 Å². The zero-order valence-electron chi connectivity index (χ0n) is 16.4. The number of aromatic nitrogens is 2. The first-order valence-corrected chi connectivity index (χ1v) is 12.3. The van der Waals surface area contributed by atoms with E-state index in [1.807, 2.05) is 42.5 Å². The lowest BCUT2D eigenvalue weighted by molar-refractivity contribution is 0.302. The van der Waals surface area contributed by atoms with Gasteiger partial charge in [-0.3, -0.25) is 4.79 Å². The number of hydrogen-bond acceptors (Lipinski definition) is 4. The van der Waals surface area contributed by atoms with Crippen LogP contribution in [0.3, 0.4) is 0 Å². The fourth-order valence-electron chi connectivity index (χ4n) is 3.40. The smallest absolute Gasteiger partial charge is 0.274 e. The highest BCUT2D eigenvalue weighted by atomic mass is 127. The zero-order chi connectivity index (χ0) is 21.5. The molecule has 0 amide bonds. The fraction of sp³-hybridized carbons (Fsp3) is 0.0833. The highest BCUT2D eigenvalue weighted by Gasteiger charge is 2.12. The normalized spacial score (nSPS) is 12.2. The number of imidazole rings is 1. The minimum Gasteiger partial charge on any atom is -0.487 e. The monoisotopic (exact) mass is 602 g/mol. The van der Waals surface area contributed by atoms with Crippen molar-refractivity contribution in [3.8, 4) is 5.75 Å². The minimum atomic E-state index is -0.0421. The Balaban J connectivity index is 1.48. The van der Waals surface area contributed by atoms with Crippen molar-refractivity contribution in [1.82, 2.24) is 9.38 Å². The molecule has 2 heterocycles. The Morgan fingerprint density at radius 2 is 1.94 bits per heavy atom. The van der Waals surface area contributed by atoms with E-state index in [-0.39, 0.29) is 5.56 Å². The van der Waals surface area contributed by atoms with Crippen molar-refractivity contribution in [3.05, 3.63) is 100 Å². The lowest BCUT2D eigenvalue weighted by Gasteiger charge is -2.11. The molecular formula is C24H16BrIN2O2S. The highest BCUT2D eigenvalue weighted by molar-refractivity contribution is 14.1. The number of hydrogen-bond donors (Lipinski definition) is 0. The van der Waals surface area contributed by atoms with Gasteiger partial charge in [0.1, 0.15) is 12.4 Å². The Labute approximate surface area is 204 Å². The van der Waals surface area contributed by atoms with Crippen molar-refractivity contribution in [1.29, 1.82) is 0 Å². The number of benzene rings is 3. The number of ether oxygens (including phenoxy) is 1. The standard InChI is InChI=1S/C24H16BrIN2O2S/c1-14-6-8-15(9-7-14)13-30-22-17(25)10-16(11-18(22)26)12-21-23(29)28-20-5-3-2-4-19(20)27-24(28)31-21/h2-12H,13H2,1H3/b21-12-. The Hall–Kier alpha value is -2.23. The van der Waals surface area contributed by atoms with E-state index in [1.165, 1.54) is 16.9 Å². The van der Waals surface area contributed by atoms with Gasteiger partial charge in [-0.05, 0) is 86.9 Å². The fourth-order valence-corrected chi connectivity index (χ4v) is 6.16. The molecule has 0 radical (unpaired) electrons. The molecule has 0 saturated heterocycles. The molecule has 0 bridgehead atoms. The van der Waals surface area contributed by atoms with Crippen molar-refractivity contribution in [2.75, 3.05) is 0 Å². The third-order valence-corrected chi connectivity index (χ3v) is 7.33. The Morgan fingerprint density at radius 3 is 2.71 bits per heavy atom. The van der Waals surface area contributed by atoms with Gasteiger partial charge < -0.3 is 4.74 Å². The van der Waals surface area contributed by atoms with E-state index in [9.17, 15) is 4.79 Å². The maximum Gasteiger partial charge on any atom is 0.274 e. The SMILES string of the molecule is Cc1ccc(COc2c(Br)cc(/C=c3\sc4nc5ccccc5n4c3=O)cc2I)cc1. The van der Waals surface area contributed by atoms with Crippen molar-refractivity contribution < 1.29 is 4.74 Å². The van der Waals surface area contributed by atoms with Crippen LogP contribution in [0.25, 0.3) is 22.1 Å². The van der Waals surface area contributed by atoms with Crippen molar-refractivity contribution >= 4 is 71.9 Å². The average molecular weight is 603 g/mol. The highest BCUT2D eigenvalue weighted by Crippen LogP contribution is 2.33. The summed E-state index contributed by atoms with van der Waals surface area (Å²) in [7, 11) is 0. The molecule has 5 rings (SSSR count). The first kappa shape index (κ1) is 20.7. The van der Waals surface area contributed by atoms with Crippen LogP contribution in [0.1, 0.15) is 16.7 Å². The second kappa shape index (κ2) is 8.37. The minimum absolute atomic E-state index is 0.0421. The van der Waals surface area contributed by atoms with Crippen LogP contribution in [0.5, 0.6) is 5.75 Å². The number of aryl methyl sites for hydroxylation is 1. The molecular weight excluding hydrogens is 587 g/mol. The predicted molar refractivity (Wildman–Crippen MR) is 138 cm³/mol. The maximum absolute atomic E-state index is 13.0. The molecule has 5 aromatic rings. The van der Waals surface area contributed by atoms with Gasteiger partial charge >= 0.3 is 0 Å². The Morgan fingerprint density at radius 1 is 1.16 bits per heavy atom. The Kier molecular flexibility index (Phi) is 5.58. The molecule has 0 N–H and O–H groups in total. The Bertz CT molecular complexity index is 1520. The summed E-state index contributed by atoms with van der Waals surface area (Å²) >= 11 is 7.30. The van der Waals surface area contributed by atoms with Crippen molar-refractivity contribution in [2.24, 2.45) is 0 Å². The largest absolute Gasteiger partial charge is 0.487 e. The summed E-state index contributed by atoms with van der Waals surface area (Å²) in [5.74, 6) is 0.799. The van der Waals surface area contributed by atoms with Crippen LogP contribution in [-0.4, -0.2) is 9.38 Å². The van der Waals surface area contributed by atoms with Crippen LogP contribution < -0.4 is 14.8 Å². The number of fused-ring (bicyclic) bond motifs is 3. The van der Waals surface area contributed by atoms with Gasteiger partial charge in [-0.2, -0.15) is 0 Å². The van der Waals surface area contributed by atoms with Crippen molar-refractivity contribution in [2.45, 2.75) is 13.5 Å². The van der Waals surface area contributed by atoms with Crippen LogP contribution >= 0.6 is 49.9 Å². The summed E-state index contributed by atoms with van der Waals surface area (Å²) in [6, 6.07) is 20.0. The number of para-hydroxylation sites is 2. The first-order chi connectivity index (χ1) is 15.0. The van der Waals surface area contributed by atoms with Gasteiger partial charge in [-0.1, -0.05) is 53.3 Å². The molecule has 0 fully saturated rings. The van der Waals surface area contributed by atoms with Gasteiger partial charge in [-0.25, -0.2) is 9.38 Å². The second-order valence-corrected chi connectivity index (χ2v) is 10.2. The lowest BCUT2D eigenvalue weighted by Crippen LogP contribution is -2.22. The number of rotatable bonds is 4. The molecule has 0 aliphatic heterocycles. The summed E-state index contributed by atoms with van der Waals surface area (Å²) in [6.45, 7) is 2.57. The van der Waals surface area contributed by atoms with E-state index in [0.29, 0.717) is 16.1 Å². The van der Waals surface area contributed by atoms with E-state index < -0.39 is 0 Å². The summed E-state index contributed by atoms with van der Waals surface area (Å²) in [6.07, 6.45) is 1.91. The van der Waals surface area contributed by atoms with Crippen LogP contribution in [0.2, 0.25) is 0 Å². The van der Waals surface area contributed by atoms with Crippen LogP contribution in [-0.2, 0) is 6.61 Å². The molecule has 4 nitrogen and oxygen atoms in total. The van der Waals surface area contributed by atoms with Crippen molar-refractivity contribution in [3.63, 3.8) is 0 Å². The average Bonchev–Trinajstić information content (AvgIpc) is 3.25. The van der Waals surface area contributed by atoms with E-state index >= 15 is 0 Å². The molecule has 0 aliphatic rings. The van der Waals surface area contributed by atoms with Crippen LogP contribution in [0.4, 0.5) is 0 Å². The molecule has 0 saturated carbocycles. The topological polar surface area (TPSA) is 43.6 Å². The zero-order valence-corrected chi connectivity index (χ0v) is 21.0. The second-order valence-electron chi connectivity index (χ2n) is 7.22. The number of nitrogens with zero attached hydrogens (tertiary/aromatic N) is 2. The third kappa shape index (κ3) is 4.02. The molecule has 0 aliphatic carbocycles. The molecule has 0 atom stereocenters. The first-order valence-electron chi connectivity index (χ1n) is 9.59. The molecule has 0 spiro atoms. The van der Waals surface area contributed by atoms with Gasteiger partial charge in [-0.15, -0.1) is 0 Å².